The molecule has 1 N–H and O–H groups in total. The number of likely N-dealkylation sites (tertiary alicyclic amines) is 1. The molecule has 1 aromatic heterocycles. The zero-order valence-electron chi connectivity index (χ0n) is 11.8. The van der Waals surface area contributed by atoms with E-state index < -0.39 is 17.7 Å². The van der Waals surface area contributed by atoms with Gasteiger partial charge in [0.25, 0.3) is 0 Å². The average molecular weight is 291 g/mol. The summed E-state index contributed by atoms with van der Waals surface area (Å²) in [5.74, 6) is -0.606. The largest absolute Gasteiger partial charge is 0.478 e. The Labute approximate surface area is 122 Å². The Morgan fingerprint density at radius 2 is 2.10 bits per heavy atom. The normalized spacial score (nSPS) is 21.6. The van der Waals surface area contributed by atoms with Crippen molar-refractivity contribution in [3.63, 3.8) is 0 Å². The Kier molecular flexibility index (Phi) is 3.29. The van der Waals surface area contributed by atoms with Crippen molar-refractivity contribution in [3.8, 4) is 0 Å². The van der Waals surface area contributed by atoms with Crippen LogP contribution < -0.4 is 4.90 Å². The topological polar surface area (TPSA) is 83.0 Å². The molecule has 0 aliphatic carbocycles. The van der Waals surface area contributed by atoms with Crippen LogP contribution in [0.4, 0.5) is 10.6 Å². The predicted octanol–water partition coefficient (Wildman–Crippen LogP) is 1.20. The molecule has 0 saturated carbocycles. The van der Waals surface area contributed by atoms with Crippen LogP contribution in [-0.2, 0) is 4.74 Å². The molecule has 1 aromatic rings. The molecule has 2 aliphatic heterocycles. The predicted molar refractivity (Wildman–Crippen MR) is 74.5 cm³/mol. The summed E-state index contributed by atoms with van der Waals surface area (Å²) >= 11 is 0. The fourth-order valence-electron chi connectivity index (χ4n) is 2.76. The van der Waals surface area contributed by atoms with E-state index in [1.807, 2.05) is 7.05 Å². The van der Waals surface area contributed by atoms with E-state index in [1.54, 1.807) is 6.07 Å². The number of carboxylic acid groups (broad SMARTS) is 1. The van der Waals surface area contributed by atoms with Crippen molar-refractivity contribution in [2.75, 3.05) is 31.6 Å². The van der Waals surface area contributed by atoms with E-state index in [4.69, 9.17) is 9.84 Å². The second-order valence-electron chi connectivity index (χ2n) is 5.65. The van der Waals surface area contributed by atoms with Crippen molar-refractivity contribution in [2.24, 2.45) is 0 Å². The van der Waals surface area contributed by atoms with Crippen LogP contribution in [0.2, 0.25) is 0 Å². The maximum Gasteiger partial charge on any atom is 0.416 e. The molecule has 3 rings (SSSR count). The highest BCUT2D eigenvalue weighted by molar-refractivity contribution is 5.91. The van der Waals surface area contributed by atoms with Gasteiger partial charge in [0.1, 0.15) is 11.4 Å². The maximum atomic E-state index is 12.1. The smallest absolute Gasteiger partial charge is 0.416 e. The third kappa shape index (κ3) is 2.56. The van der Waals surface area contributed by atoms with Crippen molar-refractivity contribution in [1.29, 1.82) is 0 Å². The van der Waals surface area contributed by atoms with E-state index in [-0.39, 0.29) is 5.56 Å². The summed E-state index contributed by atoms with van der Waals surface area (Å²) in [5, 5.41) is 8.87. The second-order valence-corrected chi connectivity index (χ2v) is 5.65. The van der Waals surface area contributed by atoms with Crippen LogP contribution in [0.25, 0.3) is 0 Å². The fraction of sp³-hybridized carbons (Fsp3) is 0.500. The Bertz CT molecular complexity index is 564. The van der Waals surface area contributed by atoms with E-state index in [0.717, 1.165) is 25.9 Å². The third-order valence-electron chi connectivity index (χ3n) is 4.14. The summed E-state index contributed by atoms with van der Waals surface area (Å²) in [4.78, 5) is 30.7. The summed E-state index contributed by atoms with van der Waals surface area (Å²) in [6, 6.07) is 2.98. The molecule has 7 nitrogen and oxygen atoms in total. The lowest BCUT2D eigenvalue weighted by Crippen LogP contribution is -2.45. The first-order valence-corrected chi connectivity index (χ1v) is 6.88. The quantitative estimate of drug-likeness (QED) is 0.881. The molecule has 0 unspecified atom stereocenters. The first-order chi connectivity index (χ1) is 9.99. The molecule has 1 spiro atoms. The molecule has 2 saturated heterocycles. The highest BCUT2D eigenvalue weighted by atomic mass is 16.6. The van der Waals surface area contributed by atoms with Gasteiger partial charge in [-0.05, 0) is 19.2 Å². The molecule has 3 heterocycles. The SMILES string of the molecule is CN1CCC2(CC1)CN(c1ccc(C(=O)O)cn1)C(=O)O2. The first-order valence-electron chi connectivity index (χ1n) is 6.88. The van der Waals surface area contributed by atoms with Gasteiger partial charge in [-0.3, -0.25) is 4.90 Å². The van der Waals surface area contributed by atoms with Crippen molar-refractivity contribution in [2.45, 2.75) is 18.4 Å². The molecule has 0 atom stereocenters. The highest BCUT2D eigenvalue weighted by Gasteiger charge is 2.47. The lowest BCUT2D eigenvalue weighted by molar-refractivity contribution is 0.00677. The van der Waals surface area contributed by atoms with Gasteiger partial charge in [0.15, 0.2) is 0 Å². The van der Waals surface area contributed by atoms with Gasteiger partial charge in [0, 0.05) is 32.1 Å². The molecular formula is C14H17N3O4. The van der Waals surface area contributed by atoms with Gasteiger partial charge in [-0.25, -0.2) is 14.6 Å². The van der Waals surface area contributed by atoms with E-state index in [0.29, 0.717) is 12.4 Å². The minimum atomic E-state index is -1.04. The van der Waals surface area contributed by atoms with Crippen LogP contribution in [0.1, 0.15) is 23.2 Å². The number of piperidine rings is 1. The van der Waals surface area contributed by atoms with Crippen LogP contribution in [0.3, 0.4) is 0 Å². The fourth-order valence-corrected chi connectivity index (χ4v) is 2.76. The van der Waals surface area contributed by atoms with Gasteiger partial charge in [0.05, 0.1) is 12.1 Å². The number of rotatable bonds is 2. The van der Waals surface area contributed by atoms with E-state index >= 15 is 0 Å². The number of anilines is 1. The summed E-state index contributed by atoms with van der Waals surface area (Å²) < 4.78 is 5.59. The molecule has 0 aromatic carbocycles. The summed E-state index contributed by atoms with van der Waals surface area (Å²) in [5.41, 5.74) is -0.336. The van der Waals surface area contributed by atoms with Crippen molar-refractivity contribution < 1.29 is 19.4 Å². The number of amides is 1. The van der Waals surface area contributed by atoms with Crippen LogP contribution in [0.5, 0.6) is 0 Å². The van der Waals surface area contributed by atoms with Gasteiger partial charge in [-0.15, -0.1) is 0 Å². The van der Waals surface area contributed by atoms with Crippen molar-refractivity contribution in [1.82, 2.24) is 9.88 Å². The number of carboxylic acids is 1. The van der Waals surface area contributed by atoms with Gasteiger partial charge in [0.2, 0.25) is 0 Å². The van der Waals surface area contributed by atoms with Crippen LogP contribution >= 0.6 is 0 Å². The third-order valence-corrected chi connectivity index (χ3v) is 4.14. The highest BCUT2D eigenvalue weighted by Crippen LogP contribution is 2.34. The number of hydrogen-bond donors (Lipinski definition) is 1. The Morgan fingerprint density at radius 1 is 1.38 bits per heavy atom. The molecule has 21 heavy (non-hydrogen) atoms. The molecule has 0 radical (unpaired) electrons. The minimum absolute atomic E-state index is 0.0975. The van der Waals surface area contributed by atoms with E-state index in [1.165, 1.54) is 17.2 Å². The van der Waals surface area contributed by atoms with Crippen LogP contribution in [0, 0.1) is 0 Å². The number of aromatic carboxylic acids is 1. The first kappa shape index (κ1) is 13.8. The van der Waals surface area contributed by atoms with Gasteiger partial charge in [-0.1, -0.05) is 0 Å². The Morgan fingerprint density at radius 3 is 2.67 bits per heavy atom. The zero-order valence-corrected chi connectivity index (χ0v) is 11.8. The molecule has 112 valence electrons. The lowest BCUT2D eigenvalue weighted by Gasteiger charge is -2.35. The molecule has 2 fully saturated rings. The Hall–Kier alpha value is -2.15. The van der Waals surface area contributed by atoms with Gasteiger partial charge < -0.3 is 14.7 Å². The lowest BCUT2D eigenvalue weighted by atomic mass is 9.91. The standard InChI is InChI=1S/C14H17N3O4/c1-16-6-4-14(5-7-16)9-17(13(20)21-14)11-3-2-10(8-15-11)12(18)19/h2-3,8H,4-7,9H2,1H3,(H,18,19). The van der Waals surface area contributed by atoms with Gasteiger partial charge in [-0.2, -0.15) is 0 Å². The number of carbonyl (C=O) groups excluding carboxylic acids is 1. The maximum absolute atomic E-state index is 12.1. The molecule has 1 amide bonds. The second kappa shape index (κ2) is 5.00. The summed E-state index contributed by atoms with van der Waals surface area (Å²) in [6.07, 6.45) is 2.46. The van der Waals surface area contributed by atoms with Gasteiger partial charge >= 0.3 is 12.1 Å². The molecular weight excluding hydrogens is 274 g/mol. The molecule has 0 bridgehead atoms. The minimum Gasteiger partial charge on any atom is -0.478 e. The molecule has 7 heteroatoms. The van der Waals surface area contributed by atoms with E-state index in [2.05, 4.69) is 9.88 Å². The van der Waals surface area contributed by atoms with Crippen LogP contribution in [0.15, 0.2) is 18.3 Å². The van der Waals surface area contributed by atoms with Crippen LogP contribution in [-0.4, -0.2) is 59.3 Å². The average Bonchev–Trinajstić information content (AvgIpc) is 2.79. The summed E-state index contributed by atoms with van der Waals surface area (Å²) in [6.45, 7) is 2.26. The number of ether oxygens (including phenoxy) is 1. The number of carbonyl (C=O) groups is 2. The number of nitrogens with zero attached hydrogens (tertiary/aromatic N) is 3. The zero-order chi connectivity index (χ0) is 15.0. The van der Waals surface area contributed by atoms with Crippen molar-refractivity contribution in [3.05, 3.63) is 23.9 Å². The number of hydrogen-bond acceptors (Lipinski definition) is 5. The number of aromatic nitrogens is 1. The molecule has 2 aliphatic rings. The number of pyridine rings is 1. The van der Waals surface area contributed by atoms with Crippen molar-refractivity contribution >= 4 is 17.9 Å². The van der Waals surface area contributed by atoms with E-state index in [9.17, 15) is 9.59 Å². The monoisotopic (exact) mass is 291 g/mol. The Balaban J connectivity index is 1.77. The summed E-state index contributed by atoms with van der Waals surface area (Å²) in [7, 11) is 2.05.